The van der Waals surface area contributed by atoms with E-state index in [-0.39, 0.29) is 5.75 Å². The predicted octanol–water partition coefficient (Wildman–Crippen LogP) is 5.17. The van der Waals surface area contributed by atoms with Crippen LogP contribution in [0.4, 0.5) is 34.8 Å². The number of nitrogens with one attached hydrogen (secondary N) is 2. The maximum atomic E-state index is 11.7. The summed E-state index contributed by atoms with van der Waals surface area (Å²) in [6.07, 6.45) is 2.90. The van der Waals surface area contributed by atoms with Crippen LogP contribution in [-0.2, 0) is 22.6 Å². The van der Waals surface area contributed by atoms with Crippen LogP contribution in [0.5, 0.6) is 5.75 Å². The number of sulfone groups is 1. The lowest BCUT2D eigenvalue weighted by Crippen LogP contribution is -2.12. The molecule has 0 fully saturated rings. The summed E-state index contributed by atoms with van der Waals surface area (Å²) in [6, 6.07) is 22.8. The Morgan fingerprint density at radius 2 is 1.74 bits per heavy atom. The van der Waals surface area contributed by atoms with Gasteiger partial charge in [-0.3, -0.25) is 0 Å². The largest absolute Gasteiger partial charge is 0.497 e. The molecule has 0 saturated heterocycles. The topological polar surface area (TPSA) is 114 Å². The molecule has 2 aromatic heterocycles. The van der Waals surface area contributed by atoms with Crippen molar-refractivity contribution in [2.75, 3.05) is 35.9 Å². The second-order valence-electron chi connectivity index (χ2n) is 9.21. The van der Waals surface area contributed by atoms with Crippen LogP contribution in [0.1, 0.15) is 5.56 Å². The number of benzene rings is 3. The first kappa shape index (κ1) is 26.0. The van der Waals surface area contributed by atoms with Crippen molar-refractivity contribution in [1.29, 1.82) is 0 Å². The van der Waals surface area contributed by atoms with Gasteiger partial charge in [0.15, 0.2) is 9.84 Å². The molecule has 0 saturated carbocycles. The molecule has 0 atom stereocenters. The van der Waals surface area contributed by atoms with Crippen molar-refractivity contribution in [3.63, 3.8) is 0 Å². The van der Waals surface area contributed by atoms with Gasteiger partial charge in [0.25, 0.3) is 0 Å². The van der Waals surface area contributed by atoms with Crippen molar-refractivity contribution >= 4 is 55.6 Å². The summed E-state index contributed by atoms with van der Waals surface area (Å²) in [7, 11) is 2.41. The van der Waals surface area contributed by atoms with E-state index >= 15 is 0 Å². The molecular weight excluding hydrogens is 514 g/mol. The fourth-order valence-electron chi connectivity index (χ4n) is 4.21. The van der Waals surface area contributed by atoms with E-state index in [4.69, 9.17) is 9.72 Å². The normalized spacial score (nSPS) is 11.4. The zero-order valence-corrected chi connectivity index (χ0v) is 22.9. The van der Waals surface area contributed by atoms with Crippen LogP contribution < -0.4 is 20.3 Å². The number of imidazole rings is 1. The van der Waals surface area contributed by atoms with Gasteiger partial charge in [-0.1, -0.05) is 12.1 Å². The van der Waals surface area contributed by atoms with Gasteiger partial charge in [0.2, 0.25) is 11.9 Å². The summed E-state index contributed by atoms with van der Waals surface area (Å²) in [5.41, 5.74) is 5.06. The fourth-order valence-corrected chi connectivity index (χ4v) is 5.00. The number of hydrogen-bond acceptors (Lipinski definition) is 9. The van der Waals surface area contributed by atoms with Crippen molar-refractivity contribution < 1.29 is 13.2 Å². The number of aryl methyl sites for hydroxylation is 1. The van der Waals surface area contributed by atoms with E-state index in [9.17, 15) is 8.42 Å². The maximum absolute atomic E-state index is 11.7. The van der Waals surface area contributed by atoms with Gasteiger partial charge in [-0.2, -0.15) is 4.98 Å². The highest BCUT2D eigenvalue weighted by Gasteiger charge is 2.13. The number of rotatable bonds is 9. The second kappa shape index (κ2) is 10.6. The Morgan fingerprint density at radius 1 is 0.949 bits per heavy atom. The first-order valence-electron chi connectivity index (χ1n) is 12.2. The van der Waals surface area contributed by atoms with Crippen LogP contribution in [0, 0.1) is 0 Å². The summed E-state index contributed by atoms with van der Waals surface area (Å²) >= 11 is 0. The van der Waals surface area contributed by atoms with Gasteiger partial charge in [0, 0.05) is 43.6 Å². The highest BCUT2D eigenvalue weighted by Crippen LogP contribution is 2.29. The van der Waals surface area contributed by atoms with E-state index in [1.54, 1.807) is 31.5 Å². The molecule has 39 heavy (non-hydrogen) atoms. The molecule has 0 aliphatic rings. The van der Waals surface area contributed by atoms with Gasteiger partial charge >= 0.3 is 0 Å². The van der Waals surface area contributed by atoms with Crippen LogP contribution in [-0.4, -0.2) is 48.4 Å². The molecule has 5 rings (SSSR count). The summed E-state index contributed by atoms with van der Waals surface area (Å²) < 4.78 is 30.6. The minimum Gasteiger partial charge on any atom is -0.497 e. The van der Waals surface area contributed by atoms with Crippen LogP contribution in [0.25, 0.3) is 11.0 Å². The fraction of sp³-hybridized carbons (Fsp3) is 0.179. The summed E-state index contributed by atoms with van der Waals surface area (Å²) in [6.45, 7) is 0. The molecule has 0 radical (unpaired) electrons. The zero-order chi connectivity index (χ0) is 27.6. The minimum absolute atomic E-state index is 0.0283. The molecular formula is C28H29N7O3S. The van der Waals surface area contributed by atoms with Crippen molar-refractivity contribution in [1.82, 2.24) is 19.5 Å². The van der Waals surface area contributed by atoms with E-state index < -0.39 is 9.84 Å². The van der Waals surface area contributed by atoms with Gasteiger partial charge in [0.1, 0.15) is 11.6 Å². The highest BCUT2D eigenvalue weighted by molar-refractivity contribution is 7.89. The van der Waals surface area contributed by atoms with Crippen molar-refractivity contribution in [2.24, 2.45) is 7.05 Å². The summed E-state index contributed by atoms with van der Waals surface area (Å²) in [5, 5.41) is 6.53. The van der Waals surface area contributed by atoms with Gasteiger partial charge in [-0.25, -0.2) is 18.4 Å². The Morgan fingerprint density at radius 3 is 2.49 bits per heavy atom. The zero-order valence-electron chi connectivity index (χ0n) is 22.1. The average molecular weight is 544 g/mol. The number of hydrogen-bond donors (Lipinski definition) is 2. The Hall–Kier alpha value is -4.64. The SMILES string of the molecule is COc1ccc(Nc2nc3cc(N(C)c4ccnc(Nc5cccc(CS(C)(=O)=O)c5)n4)ccc3n2C)cc1. The van der Waals surface area contributed by atoms with E-state index in [1.807, 2.05) is 78.2 Å². The molecule has 200 valence electrons. The lowest BCUT2D eigenvalue weighted by atomic mass is 10.2. The first-order valence-corrected chi connectivity index (χ1v) is 14.2. The summed E-state index contributed by atoms with van der Waals surface area (Å²) in [5.74, 6) is 2.58. The van der Waals surface area contributed by atoms with Crippen molar-refractivity contribution in [3.8, 4) is 5.75 Å². The number of fused-ring (bicyclic) bond motifs is 1. The summed E-state index contributed by atoms with van der Waals surface area (Å²) in [4.78, 5) is 15.7. The molecule has 0 amide bonds. The van der Waals surface area contributed by atoms with Gasteiger partial charge < -0.3 is 24.8 Å². The van der Waals surface area contributed by atoms with Crippen LogP contribution in [0.3, 0.4) is 0 Å². The molecule has 0 unspecified atom stereocenters. The molecule has 0 aliphatic carbocycles. The molecule has 3 aromatic carbocycles. The third-order valence-corrected chi connectivity index (χ3v) is 7.05. The van der Waals surface area contributed by atoms with Crippen molar-refractivity contribution in [3.05, 3.63) is 84.6 Å². The van der Waals surface area contributed by atoms with E-state index in [0.717, 1.165) is 34.1 Å². The standard InChI is InChI=1S/C28H29N7O3S/c1-34(26-14-15-29-27(33-26)30-21-7-5-6-19(16-21)18-39(4,36)37)22-10-13-25-24(17-22)32-28(35(25)2)31-20-8-11-23(38-3)12-9-20/h5-17H,18H2,1-4H3,(H,31,32)(H,29,30,33). The van der Waals surface area contributed by atoms with Crippen LogP contribution in [0.15, 0.2) is 79.0 Å². The van der Waals surface area contributed by atoms with Crippen LogP contribution >= 0.6 is 0 Å². The van der Waals surface area contributed by atoms with E-state index in [2.05, 4.69) is 20.6 Å². The number of aromatic nitrogens is 4. The molecule has 2 heterocycles. The Labute approximate surface area is 227 Å². The third-order valence-electron chi connectivity index (χ3n) is 6.19. The number of anilines is 6. The lowest BCUT2D eigenvalue weighted by Gasteiger charge is -2.19. The molecule has 0 bridgehead atoms. The van der Waals surface area contributed by atoms with E-state index in [1.165, 1.54) is 6.26 Å². The maximum Gasteiger partial charge on any atom is 0.229 e. The highest BCUT2D eigenvalue weighted by atomic mass is 32.2. The number of nitrogens with zero attached hydrogens (tertiary/aromatic N) is 5. The van der Waals surface area contributed by atoms with Crippen molar-refractivity contribution in [2.45, 2.75) is 5.75 Å². The lowest BCUT2D eigenvalue weighted by molar-refractivity contribution is 0.415. The average Bonchev–Trinajstić information content (AvgIpc) is 3.22. The third kappa shape index (κ3) is 6.10. The first-order chi connectivity index (χ1) is 18.7. The van der Waals surface area contributed by atoms with Gasteiger partial charge in [-0.05, 0) is 66.2 Å². The molecule has 10 nitrogen and oxygen atoms in total. The minimum atomic E-state index is -3.13. The van der Waals surface area contributed by atoms with Gasteiger partial charge in [-0.15, -0.1) is 0 Å². The Bertz CT molecular complexity index is 1730. The Kier molecular flexibility index (Phi) is 7.07. The predicted molar refractivity (Wildman–Crippen MR) is 155 cm³/mol. The molecule has 0 aliphatic heterocycles. The smallest absolute Gasteiger partial charge is 0.229 e. The van der Waals surface area contributed by atoms with Gasteiger partial charge in [0.05, 0.1) is 23.9 Å². The molecule has 11 heteroatoms. The number of ether oxygens (including phenoxy) is 1. The van der Waals surface area contributed by atoms with Crippen LogP contribution in [0.2, 0.25) is 0 Å². The molecule has 2 N–H and O–H groups in total. The molecule has 5 aromatic rings. The Balaban J connectivity index is 1.35. The monoisotopic (exact) mass is 543 g/mol. The number of methoxy groups -OCH3 is 1. The molecule has 0 spiro atoms. The van der Waals surface area contributed by atoms with E-state index in [0.29, 0.717) is 23.0 Å². The quantitative estimate of drug-likeness (QED) is 0.260. The second-order valence-corrected chi connectivity index (χ2v) is 11.4.